The van der Waals surface area contributed by atoms with Crippen LogP contribution in [0.2, 0.25) is 0 Å². The average Bonchev–Trinajstić information content (AvgIpc) is 2.75. The fourth-order valence-electron chi connectivity index (χ4n) is 3.66. The number of pyridine rings is 1. The average molecular weight is 421 g/mol. The van der Waals surface area contributed by atoms with Crippen molar-refractivity contribution in [3.05, 3.63) is 90.4 Å². The van der Waals surface area contributed by atoms with Crippen LogP contribution in [0.5, 0.6) is 0 Å². The Bertz CT molecular complexity index is 1070. The van der Waals surface area contributed by atoms with Gasteiger partial charge in [-0.1, -0.05) is 48.5 Å². The number of carboxylic acids is 1. The zero-order chi connectivity index (χ0) is 22.5. The number of aryl methyl sites for hydroxylation is 1. The molecule has 3 atom stereocenters. The maximum Gasteiger partial charge on any atom is 0.313 e. The second-order valence-electron chi connectivity index (χ2n) is 7.35. The van der Waals surface area contributed by atoms with Crippen molar-refractivity contribution in [1.82, 2.24) is 4.98 Å². The largest absolute Gasteiger partial charge is 0.481 e. The summed E-state index contributed by atoms with van der Waals surface area (Å²) in [5.74, 6) is -3.00. The lowest BCUT2D eigenvalue weighted by Gasteiger charge is -2.25. The first-order valence-corrected chi connectivity index (χ1v) is 9.86. The zero-order valence-corrected chi connectivity index (χ0v) is 17.1. The predicted molar refractivity (Wildman–Crippen MR) is 117 cm³/mol. The van der Waals surface area contributed by atoms with Crippen LogP contribution in [0.3, 0.4) is 0 Å². The van der Waals surface area contributed by atoms with Gasteiger partial charge in [-0.3, -0.25) is 9.78 Å². The molecule has 5 nitrogen and oxygen atoms in total. The minimum absolute atomic E-state index is 0.191. The van der Waals surface area contributed by atoms with Gasteiger partial charge in [-0.05, 0) is 41.8 Å². The highest BCUT2D eigenvalue weighted by atomic mass is 19.1. The molecule has 0 saturated heterocycles. The van der Waals surface area contributed by atoms with Gasteiger partial charge >= 0.3 is 5.97 Å². The minimum Gasteiger partial charge on any atom is -0.481 e. The van der Waals surface area contributed by atoms with E-state index in [0.29, 0.717) is 28.1 Å². The van der Waals surface area contributed by atoms with E-state index in [1.54, 1.807) is 25.1 Å². The molecule has 2 aromatic carbocycles. The molecule has 0 spiro atoms. The molecule has 0 aliphatic rings. The Morgan fingerprint density at radius 2 is 1.74 bits per heavy atom. The number of aliphatic carboxylic acids is 1. The number of halogens is 1. The predicted octanol–water partition coefficient (Wildman–Crippen LogP) is 4.33. The number of carbonyl (C=O) groups is 1. The van der Waals surface area contributed by atoms with Crippen molar-refractivity contribution >= 4 is 5.97 Å². The standard InChI is InChI=1S/C25H24FNO4/c1-3-19(28)13-22(29)24(25(30)31)23-15(2)27-21(17-7-5-4-6-8-17)14-20(23)16-9-11-18(26)12-10-16/h3-12,14,19,22,24,28-29H,1,13H2,2H3,(H,30,31). The van der Waals surface area contributed by atoms with Crippen LogP contribution in [0, 0.1) is 12.7 Å². The van der Waals surface area contributed by atoms with E-state index in [9.17, 15) is 24.5 Å². The number of aliphatic hydroxyl groups excluding tert-OH is 2. The maximum atomic E-state index is 13.5. The third-order valence-electron chi connectivity index (χ3n) is 5.19. The summed E-state index contributed by atoms with van der Waals surface area (Å²) in [6.07, 6.45) is -1.38. The summed E-state index contributed by atoms with van der Waals surface area (Å²) in [4.78, 5) is 16.8. The number of benzene rings is 2. The molecule has 0 aliphatic carbocycles. The van der Waals surface area contributed by atoms with Crippen LogP contribution in [0.15, 0.2) is 73.3 Å². The molecule has 0 aliphatic heterocycles. The van der Waals surface area contributed by atoms with E-state index in [1.807, 2.05) is 30.3 Å². The van der Waals surface area contributed by atoms with Crippen molar-refractivity contribution in [2.24, 2.45) is 0 Å². The Morgan fingerprint density at radius 1 is 1.10 bits per heavy atom. The first-order valence-electron chi connectivity index (χ1n) is 9.86. The Kier molecular flexibility index (Phi) is 6.95. The van der Waals surface area contributed by atoms with Crippen LogP contribution in [0.25, 0.3) is 22.4 Å². The quantitative estimate of drug-likeness (QED) is 0.471. The van der Waals surface area contributed by atoms with E-state index < -0.39 is 29.9 Å². The van der Waals surface area contributed by atoms with Crippen LogP contribution in [0.4, 0.5) is 4.39 Å². The second kappa shape index (κ2) is 9.64. The van der Waals surface area contributed by atoms with Crippen LogP contribution in [-0.4, -0.2) is 38.5 Å². The Morgan fingerprint density at radius 3 is 2.32 bits per heavy atom. The number of hydrogen-bond donors (Lipinski definition) is 3. The van der Waals surface area contributed by atoms with Gasteiger partial charge in [-0.25, -0.2) is 4.39 Å². The van der Waals surface area contributed by atoms with Gasteiger partial charge in [0.25, 0.3) is 0 Å². The number of carboxylic acid groups (broad SMARTS) is 1. The van der Waals surface area contributed by atoms with Crippen molar-refractivity contribution in [3.63, 3.8) is 0 Å². The topological polar surface area (TPSA) is 90.7 Å². The van der Waals surface area contributed by atoms with Crippen molar-refractivity contribution in [3.8, 4) is 22.4 Å². The van der Waals surface area contributed by atoms with Crippen molar-refractivity contribution in [2.45, 2.75) is 31.5 Å². The highest BCUT2D eigenvalue weighted by molar-refractivity contribution is 5.84. The monoisotopic (exact) mass is 421 g/mol. The van der Waals surface area contributed by atoms with Gasteiger partial charge in [0.15, 0.2) is 0 Å². The molecule has 160 valence electrons. The summed E-state index contributed by atoms with van der Waals surface area (Å²) >= 11 is 0. The molecular formula is C25H24FNO4. The lowest BCUT2D eigenvalue weighted by Crippen LogP contribution is -2.30. The molecule has 3 unspecified atom stereocenters. The molecule has 1 heterocycles. The summed E-state index contributed by atoms with van der Waals surface area (Å²) in [6.45, 7) is 5.15. The molecule has 0 radical (unpaired) electrons. The fraction of sp³-hybridized carbons (Fsp3) is 0.200. The van der Waals surface area contributed by atoms with Gasteiger partial charge in [0, 0.05) is 17.7 Å². The SMILES string of the molecule is C=CC(O)CC(O)C(C(=O)O)c1c(-c2ccc(F)cc2)cc(-c2ccccc2)nc1C. The number of nitrogens with zero attached hydrogens (tertiary/aromatic N) is 1. The number of aliphatic hydroxyl groups is 2. The summed E-state index contributed by atoms with van der Waals surface area (Å²) in [5.41, 5.74) is 3.36. The van der Waals surface area contributed by atoms with Gasteiger partial charge in [-0.15, -0.1) is 6.58 Å². The van der Waals surface area contributed by atoms with Gasteiger partial charge < -0.3 is 15.3 Å². The van der Waals surface area contributed by atoms with E-state index in [-0.39, 0.29) is 6.42 Å². The molecule has 0 bridgehead atoms. The molecule has 0 fully saturated rings. The molecule has 0 saturated carbocycles. The number of aromatic nitrogens is 1. The first-order chi connectivity index (χ1) is 14.8. The summed E-state index contributed by atoms with van der Waals surface area (Å²) < 4.78 is 13.5. The molecule has 1 aromatic heterocycles. The normalized spacial score (nSPS) is 13.9. The number of rotatable bonds is 8. The third kappa shape index (κ3) is 5.05. The Balaban J connectivity index is 2.23. The molecule has 31 heavy (non-hydrogen) atoms. The Labute approximate surface area is 180 Å². The summed E-state index contributed by atoms with van der Waals surface area (Å²) in [5, 5.41) is 30.5. The van der Waals surface area contributed by atoms with Crippen LogP contribution in [-0.2, 0) is 4.79 Å². The lowest BCUT2D eigenvalue weighted by atomic mass is 9.83. The van der Waals surface area contributed by atoms with Gasteiger partial charge in [0.2, 0.25) is 0 Å². The third-order valence-corrected chi connectivity index (χ3v) is 5.19. The smallest absolute Gasteiger partial charge is 0.313 e. The maximum absolute atomic E-state index is 13.5. The van der Waals surface area contributed by atoms with Crippen molar-refractivity contribution < 1.29 is 24.5 Å². The van der Waals surface area contributed by atoms with Crippen molar-refractivity contribution in [2.75, 3.05) is 0 Å². The molecule has 3 rings (SSSR count). The lowest BCUT2D eigenvalue weighted by molar-refractivity contribution is -0.142. The van der Waals surface area contributed by atoms with E-state index in [2.05, 4.69) is 11.6 Å². The molecule has 3 aromatic rings. The first kappa shape index (κ1) is 22.3. The Hall–Kier alpha value is -3.35. The molecule has 0 amide bonds. The van der Waals surface area contributed by atoms with E-state index >= 15 is 0 Å². The van der Waals surface area contributed by atoms with Gasteiger partial charge in [0.1, 0.15) is 11.7 Å². The highest BCUT2D eigenvalue weighted by Gasteiger charge is 2.34. The molecular weight excluding hydrogens is 397 g/mol. The number of hydrogen-bond acceptors (Lipinski definition) is 4. The second-order valence-corrected chi connectivity index (χ2v) is 7.35. The minimum atomic E-state index is -1.38. The zero-order valence-electron chi connectivity index (χ0n) is 17.1. The van der Waals surface area contributed by atoms with Gasteiger partial charge in [0.05, 0.1) is 17.9 Å². The van der Waals surface area contributed by atoms with Crippen LogP contribution < -0.4 is 0 Å². The van der Waals surface area contributed by atoms with Crippen LogP contribution in [0.1, 0.15) is 23.6 Å². The fourth-order valence-corrected chi connectivity index (χ4v) is 3.66. The molecule has 3 N–H and O–H groups in total. The van der Waals surface area contributed by atoms with E-state index in [0.717, 1.165) is 5.56 Å². The summed E-state index contributed by atoms with van der Waals surface area (Å²) in [6, 6.07) is 16.9. The van der Waals surface area contributed by atoms with E-state index in [4.69, 9.17) is 0 Å². The highest BCUT2D eigenvalue weighted by Crippen LogP contribution is 2.37. The molecule has 6 heteroatoms. The van der Waals surface area contributed by atoms with Crippen molar-refractivity contribution in [1.29, 1.82) is 0 Å². The van der Waals surface area contributed by atoms with E-state index in [1.165, 1.54) is 18.2 Å². The van der Waals surface area contributed by atoms with Gasteiger partial charge in [-0.2, -0.15) is 0 Å². The van der Waals surface area contributed by atoms with Crippen LogP contribution >= 0.6 is 0 Å². The summed E-state index contributed by atoms with van der Waals surface area (Å²) in [7, 11) is 0.